The molecule has 0 aliphatic heterocycles. The van der Waals surface area contributed by atoms with Gasteiger partial charge in [-0.1, -0.05) is 6.07 Å². The van der Waals surface area contributed by atoms with E-state index in [9.17, 15) is 9.90 Å². The Kier molecular flexibility index (Phi) is 3.51. The summed E-state index contributed by atoms with van der Waals surface area (Å²) >= 11 is 0. The van der Waals surface area contributed by atoms with Gasteiger partial charge in [0.1, 0.15) is 0 Å². The third-order valence-electron chi connectivity index (χ3n) is 2.95. The smallest absolute Gasteiger partial charge is 0.408 e. The predicted molar refractivity (Wildman–Crippen MR) is 68.3 cm³/mol. The minimum Gasteiger partial charge on any atom is -0.408 e. The van der Waals surface area contributed by atoms with Crippen LogP contribution in [0.25, 0.3) is 11.1 Å². The monoisotopic (exact) mass is 251 g/mol. The fourth-order valence-electron chi connectivity index (χ4n) is 2.14. The number of nitrogens with one attached hydrogen (secondary N) is 1. The number of nitrogens with two attached hydrogens (primary N) is 1. The summed E-state index contributed by atoms with van der Waals surface area (Å²) in [5, 5.41) is 9.95. The molecule has 1 heterocycles. The fourth-order valence-corrected chi connectivity index (χ4v) is 2.14. The molecule has 0 radical (unpaired) electrons. The number of likely N-dealkylation sites (N-methyl/N-ethyl adjacent to an activating group) is 1. The molecule has 0 aliphatic rings. The molecule has 0 saturated heterocycles. The van der Waals surface area contributed by atoms with E-state index in [-0.39, 0.29) is 12.6 Å². The van der Waals surface area contributed by atoms with Crippen molar-refractivity contribution in [3.05, 3.63) is 34.3 Å². The molecule has 2 unspecified atom stereocenters. The van der Waals surface area contributed by atoms with Gasteiger partial charge >= 0.3 is 5.76 Å². The maximum atomic E-state index is 11.1. The third kappa shape index (κ3) is 2.31. The molecule has 98 valence electrons. The molecular formula is C12H17N3O3. The zero-order valence-electron chi connectivity index (χ0n) is 10.4. The topological polar surface area (TPSA) is 95.5 Å². The van der Waals surface area contributed by atoms with Gasteiger partial charge in [0.15, 0.2) is 5.58 Å². The van der Waals surface area contributed by atoms with E-state index in [1.165, 1.54) is 0 Å². The molecule has 1 aromatic carbocycles. The number of hydrogen-bond donors (Lipinski definition) is 3. The predicted octanol–water partition coefficient (Wildman–Crippen LogP) is 0.0434. The van der Waals surface area contributed by atoms with Gasteiger partial charge in [-0.05, 0) is 31.8 Å². The second-order valence-electron chi connectivity index (χ2n) is 4.48. The number of H-pyrrole nitrogens is 1. The van der Waals surface area contributed by atoms with Crippen LogP contribution >= 0.6 is 0 Å². The summed E-state index contributed by atoms with van der Waals surface area (Å²) in [4.78, 5) is 15.5. The largest absolute Gasteiger partial charge is 0.417 e. The van der Waals surface area contributed by atoms with Gasteiger partial charge in [-0.15, -0.1) is 0 Å². The van der Waals surface area contributed by atoms with E-state index in [1.54, 1.807) is 12.1 Å². The Bertz CT molecular complexity index is 588. The molecular weight excluding hydrogens is 234 g/mol. The summed E-state index contributed by atoms with van der Waals surface area (Å²) in [6.45, 7) is 0.165. The lowest BCUT2D eigenvalue weighted by Gasteiger charge is -2.28. The van der Waals surface area contributed by atoms with Crippen LogP contribution in [0, 0.1) is 0 Å². The zero-order valence-corrected chi connectivity index (χ0v) is 10.4. The van der Waals surface area contributed by atoms with Crippen molar-refractivity contribution in [1.82, 2.24) is 9.88 Å². The van der Waals surface area contributed by atoms with Crippen molar-refractivity contribution in [1.29, 1.82) is 0 Å². The first-order chi connectivity index (χ1) is 8.52. The number of benzene rings is 1. The van der Waals surface area contributed by atoms with Crippen LogP contribution in [0.2, 0.25) is 0 Å². The summed E-state index contributed by atoms with van der Waals surface area (Å²) in [6, 6.07) is 5.11. The van der Waals surface area contributed by atoms with Crippen molar-refractivity contribution in [2.45, 2.75) is 12.1 Å². The third-order valence-corrected chi connectivity index (χ3v) is 2.95. The number of oxazole rings is 1. The number of aliphatic hydroxyl groups is 1. The summed E-state index contributed by atoms with van der Waals surface area (Å²) in [6.07, 6.45) is -0.678. The molecule has 4 N–H and O–H groups in total. The van der Waals surface area contributed by atoms with Crippen molar-refractivity contribution in [3.63, 3.8) is 0 Å². The average Bonchev–Trinajstić information content (AvgIpc) is 2.68. The van der Waals surface area contributed by atoms with Gasteiger partial charge in [0.25, 0.3) is 0 Å². The highest BCUT2D eigenvalue weighted by molar-refractivity contribution is 5.72. The quantitative estimate of drug-likeness (QED) is 0.713. The van der Waals surface area contributed by atoms with Gasteiger partial charge in [-0.3, -0.25) is 4.98 Å². The molecule has 2 aromatic rings. The maximum Gasteiger partial charge on any atom is 0.417 e. The van der Waals surface area contributed by atoms with Gasteiger partial charge in [-0.2, -0.15) is 0 Å². The minimum absolute atomic E-state index is 0.165. The van der Waals surface area contributed by atoms with E-state index >= 15 is 0 Å². The second kappa shape index (κ2) is 4.93. The Labute approximate surface area is 104 Å². The van der Waals surface area contributed by atoms with Crippen LogP contribution in [0.5, 0.6) is 0 Å². The molecule has 0 saturated carbocycles. The average molecular weight is 251 g/mol. The summed E-state index contributed by atoms with van der Waals surface area (Å²) < 4.78 is 5.01. The number of aromatic nitrogens is 1. The van der Waals surface area contributed by atoms with Crippen LogP contribution in [-0.4, -0.2) is 41.7 Å². The van der Waals surface area contributed by atoms with Crippen molar-refractivity contribution in [2.24, 2.45) is 5.73 Å². The molecule has 2 rings (SSSR count). The van der Waals surface area contributed by atoms with Gasteiger partial charge < -0.3 is 20.2 Å². The lowest BCUT2D eigenvalue weighted by Crippen LogP contribution is -2.36. The van der Waals surface area contributed by atoms with E-state index in [0.29, 0.717) is 11.1 Å². The van der Waals surface area contributed by atoms with Crippen LogP contribution in [-0.2, 0) is 0 Å². The molecule has 0 spiro atoms. The normalized spacial score (nSPS) is 15.2. The van der Waals surface area contributed by atoms with Gasteiger partial charge in [0.05, 0.1) is 17.7 Å². The molecule has 1 aromatic heterocycles. The van der Waals surface area contributed by atoms with Crippen LogP contribution in [0.15, 0.2) is 27.4 Å². The highest BCUT2D eigenvalue weighted by Crippen LogP contribution is 2.24. The molecule has 0 fully saturated rings. The Morgan fingerprint density at radius 3 is 2.83 bits per heavy atom. The Morgan fingerprint density at radius 2 is 2.22 bits per heavy atom. The molecule has 18 heavy (non-hydrogen) atoms. The van der Waals surface area contributed by atoms with Crippen LogP contribution in [0.4, 0.5) is 0 Å². The standard InChI is InChI=1S/C12H17N3O3/c1-15(2)11(9(16)6-13)7-3-4-8-10(5-7)18-12(17)14-8/h3-5,9,11,16H,6,13H2,1-2H3,(H,14,17). The van der Waals surface area contributed by atoms with E-state index in [1.807, 2.05) is 25.1 Å². The van der Waals surface area contributed by atoms with Gasteiger partial charge in [0, 0.05) is 6.54 Å². The first-order valence-electron chi connectivity index (χ1n) is 5.70. The maximum absolute atomic E-state index is 11.1. The minimum atomic E-state index is -0.678. The molecule has 6 heteroatoms. The molecule has 6 nitrogen and oxygen atoms in total. The lowest BCUT2D eigenvalue weighted by molar-refractivity contribution is 0.0824. The number of nitrogens with zero attached hydrogens (tertiary/aromatic N) is 1. The Hall–Kier alpha value is -1.63. The number of aromatic amines is 1. The number of rotatable bonds is 4. The molecule has 0 bridgehead atoms. The van der Waals surface area contributed by atoms with Crippen LogP contribution in [0.1, 0.15) is 11.6 Å². The van der Waals surface area contributed by atoms with Crippen molar-refractivity contribution in [3.8, 4) is 0 Å². The zero-order chi connectivity index (χ0) is 13.3. The summed E-state index contributed by atoms with van der Waals surface area (Å²) in [5.74, 6) is -0.483. The van der Waals surface area contributed by atoms with Crippen molar-refractivity contribution in [2.75, 3.05) is 20.6 Å². The molecule has 0 aliphatic carbocycles. The van der Waals surface area contributed by atoms with Gasteiger partial charge in [-0.25, -0.2) is 4.79 Å². The molecule has 0 amide bonds. The number of fused-ring (bicyclic) bond motifs is 1. The van der Waals surface area contributed by atoms with E-state index in [2.05, 4.69) is 4.98 Å². The lowest BCUT2D eigenvalue weighted by atomic mass is 10.00. The van der Waals surface area contributed by atoms with E-state index in [4.69, 9.17) is 10.2 Å². The highest BCUT2D eigenvalue weighted by Gasteiger charge is 2.22. The SMILES string of the molecule is CN(C)C(c1ccc2[nH]c(=O)oc2c1)C(O)CN. The summed E-state index contributed by atoms with van der Waals surface area (Å²) in [7, 11) is 3.72. The number of aliphatic hydroxyl groups excluding tert-OH is 1. The Morgan fingerprint density at radius 1 is 1.50 bits per heavy atom. The van der Waals surface area contributed by atoms with Crippen LogP contribution in [0.3, 0.4) is 0 Å². The Balaban J connectivity index is 2.47. The highest BCUT2D eigenvalue weighted by atomic mass is 16.4. The van der Waals surface area contributed by atoms with Crippen molar-refractivity contribution < 1.29 is 9.52 Å². The van der Waals surface area contributed by atoms with E-state index < -0.39 is 11.9 Å². The van der Waals surface area contributed by atoms with E-state index in [0.717, 1.165) is 5.56 Å². The first-order valence-corrected chi connectivity index (χ1v) is 5.70. The van der Waals surface area contributed by atoms with Crippen LogP contribution < -0.4 is 11.5 Å². The van der Waals surface area contributed by atoms with Gasteiger partial charge in [0.2, 0.25) is 0 Å². The van der Waals surface area contributed by atoms with Crippen molar-refractivity contribution >= 4 is 11.1 Å². The second-order valence-corrected chi connectivity index (χ2v) is 4.48. The first kappa shape index (κ1) is 12.8. The number of hydrogen-bond acceptors (Lipinski definition) is 5. The molecule has 2 atom stereocenters. The summed E-state index contributed by atoms with van der Waals surface area (Å²) in [5.41, 5.74) is 7.49. The fraction of sp³-hybridized carbons (Fsp3) is 0.417.